The molecule has 3 N–H and O–H groups in total. The van der Waals surface area contributed by atoms with Crippen molar-refractivity contribution < 1.29 is 8.42 Å². The van der Waals surface area contributed by atoms with Crippen molar-refractivity contribution in [2.75, 3.05) is 11.6 Å². The minimum absolute atomic E-state index is 0.541. The van der Waals surface area contributed by atoms with Crippen molar-refractivity contribution in [3.05, 3.63) is 58.6 Å². The van der Waals surface area contributed by atoms with Gasteiger partial charge in [-0.1, -0.05) is 12.1 Å². The van der Waals surface area contributed by atoms with E-state index in [1.54, 1.807) is 6.08 Å². The third-order valence-electron chi connectivity index (χ3n) is 3.78. The number of hydrogen-bond acceptors (Lipinski definition) is 6. The van der Waals surface area contributed by atoms with Gasteiger partial charge in [0.25, 0.3) is 0 Å². The van der Waals surface area contributed by atoms with Crippen LogP contribution in [-0.4, -0.2) is 34.8 Å². The number of para-hydroxylation sites is 1. The molecule has 8 nitrogen and oxygen atoms in total. The van der Waals surface area contributed by atoms with Crippen LogP contribution >= 0.6 is 10.9 Å². The number of thiol groups is 1. The van der Waals surface area contributed by atoms with Crippen molar-refractivity contribution in [1.29, 1.82) is 0 Å². The van der Waals surface area contributed by atoms with Gasteiger partial charge in [-0.25, -0.2) is 18.4 Å². The summed E-state index contributed by atoms with van der Waals surface area (Å²) in [5.74, 6) is 1.42. The fourth-order valence-electron chi connectivity index (χ4n) is 2.68. The minimum Gasteiger partial charge on any atom is -0.325 e. The monoisotopic (exact) mass is 402 g/mol. The zero-order valence-corrected chi connectivity index (χ0v) is 16.3. The molecule has 140 valence electrons. The highest BCUT2D eigenvalue weighted by molar-refractivity contribution is 8.22. The van der Waals surface area contributed by atoms with Crippen LogP contribution in [0.3, 0.4) is 0 Å². The number of aromatic amines is 1. The molecule has 0 aliphatic carbocycles. The predicted molar refractivity (Wildman–Crippen MR) is 109 cm³/mol. The Morgan fingerprint density at radius 2 is 2.00 bits per heavy atom. The molecule has 1 aliphatic heterocycles. The number of rotatable bonds is 5. The van der Waals surface area contributed by atoms with Gasteiger partial charge in [0.1, 0.15) is 11.6 Å². The average Bonchev–Trinajstić information content (AvgIpc) is 3.22. The maximum Gasteiger partial charge on any atom is 0.229 e. The zero-order valence-electron chi connectivity index (χ0n) is 14.6. The van der Waals surface area contributed by atoms with Crippen LogP contribution in [-0.2, 0) is 10.0 Å². The summed E-state index contributed by atoms with van der Waals surface area (Å²) in [6.07, 6.45) is 2.87. The molecule has 0 saturated carbocycles. The van der Waals surface area contributed by atoms with E-state index in [0.717, 1.165) is 28.7 Å². The quantitative estimate of drug-likeness (QED) is 0.386. The summed E-state index contributed by atoms with van der Waals surface area (Å²) in [6, 6.07) is 9.63. The molecule has 3 heterocycles. The summed E-state index contributed by atoms with van der Waals surface area (Å²) in [7, 11) is -4.27. The van der Waals surface area contributed by atoms with E-state index in [2.05, 4.69) is 25.2 Å². The number of H-pyrrole nitrogens is 1. The molecule has 0 radical (unpaired) electrons. The van der Waals surface area contributed by atoms with Gasteiger partial charge in [-0.05, 0) is 35.9 Å². The Hall–Kier alpha value is -2.85. The summed E-state index contributed by atoms with van der Waals surface area (Å²) in [5.41, 5.74) is 2.23. The van der Waals surface area contributed by atoms with Crippen LogP contribution < -0.4 is 10.0 Å². The van der Waals surface area contributed by atoms with Crippen LogP contribution in [0.2, 0.25) is 0 Å². The molecule has 3 aromatic rings. The Labute approximate surface area is 159 Å². The number of nitrogens with zero attached hydrogens (tertiary/aromatic N) is 3. The third kappa shape index (κ3) is 3.96. The number of anilines is 2. The lowest BCUT2D eigenvalue weighted by atomic mass is 10.2. The van der Waals surface area contributed by atoms with Gasteiger partial charge < -0.3 is 5.32 Å². The molecule has 0 bridgehead atoms. The number of aromatic nitrogens is 4. The molecule has 2 aromatic heterocycles. The first-order valence-corrected chi connectivity index (χ1v) is 11.5. The van der Waals surface area contributed by atoms with Crippen LogP contribution in [0.1, 0.15) is 5.69 Å². The number of hydrogen-bond donors (Lipinski definition) is 4. The Morgan fingerprint density at radius 1 is 1.19 bits per heavy atom. The molecule has 1 unspecified atom stereocenters. The normalized spacial score (nSPS) is 17.9. The van der Waals surface area contributed by atoms with E-state index < -0.39 is 20.9 Å². The molecule has 1 aromatic carbocycles. The second-order valence-corrected chi connectivity index (χ2v) is 9.64. The highest BCUT2D eigenvalue weighted by atomic mass is 32.2. The SMILES string of the molecule is Cc1cc(Nc2nc([SH]3C=CC(NS(C)(=O)=O)=C3)nc3ccccc23)[nH]n1. The van der Waals surface area contributed by atoms with Crippen LogP contribution in [0.25, 0.3) is 10.9 Å². The number of allylic oxidation sites excluding steroid dienone is 1. The first kappa shape index (κ1) is 17.6. The zero-order chi connectivity index (χ0) is 19.0. The second-order valence-electron chi connectivity index (χ2n) is 6.12. The van der Waals surface area contributed by atoms with Gasteiger partial charge in [0.05, 0.1) is 23.2 Å². The second kappa shape index (κ2) is 6.71. The standard InChI is InChI=1S/C17H18N6O2S2/c1-11-9-15(22-21-11)19-16-13-5-3-4-6-14(13)18-17(20-16)26-8-7-12(10-26)23-27(2,24)25/h3-10,23,26H,1-2H3,(H2,18,19,20,21,22). The van der Waals surface area contributed by atoms with Crippen LogP contribution in [0.15, 0.2) is 58.1 Å². The fraction of sp³-hybridized carbons (Fsp3) is 0.118. The Morgan fingerprint density at radius 3 is 2.74 bits per heavy atom. The Kier molecular flexibility index (Phi) is 4.36. The third-order valence-corrected chi connectivity index (χ3v) is 6.07. The van der Waals surface area contributed by atoms with Crippen LogP contribution in [0, 0.1) is 6.92 Å². The summed E-state index contributed by atoms with van der Waals surface area (Å²) in [4.78, 5) is 9.38. The number of fused-ring (bicyclic) bond motifs is 1. The van der Waals surface area contributed by atoms with Crippen LogP contribution in [0.4, 0.5) is 11.6 Å². The van der Waals surface area contributed by atoms with E-state index in [1.165, 1.54) is 0 Å². The number of benzene rings is 1. The lowest BCUT2D eigenvalue weighted by molar-refractivity contribution is 0.595. The number of aryl methyl sites for hydroxylation is 1. The van der Waals surface area contributed by atoms with Crippen molar-refractivity contribution in [2.45, 2.75) is 12.1 Å². The predicted octanol–water partition coefficient (Wildman–Crippen LogP) is 2.68. The molecule has 1 aliphatic rings. The van der Waals surface area contributed by atoms with E-state index >= 15 is 0 Å². The maximum absolute atomic E-state index is 11.4. The van der Waals surface area contributed by atoms with Crippen LogP contribution in [0.5, 0.6) is 0 Å². The first-order valence-electron chi connectivity index (χ1n) is 8.09. The molecule has 1 atom stereocenters. The van der Waals surface area contributed by atoms with Gasteiger partial charge in [0.2, 0.25) is 10.0 Å². The summed E-state index contributed by atoms with van der Waals surface area (Å²) in [6.45, 7) is 1.90. The first-order chi connectivity index (χ1) is 12.9. The molecule has 0 amide bonds. The van der Waals surface area contributed by atoms with E-state index in [4.69, 9.17) is 4.98 Å². The number of sulfonamides is 1. The fourth-order valence-corrected chi connectivity index (χ4v) is 4.87. The van der Waals surface area contributed by atoms with Gasteiger partial charge in [0, 0.05) is 11.5 Å². The molecular weight excluding hydrogens is 384 g/mol. The van der Waals surface area contributed by atoms with E-state index in [-0.39, 0.29) is 0 Å². The van der Waals surface area contributed by atoms with Crippen molar-refractivity contribution >= 4 is 43.5 Å². The minimum atomic E-state index is -3.32. The van der Waals surface area contributed by atoms with Gasteiger partial charge in [-0.2, -0.15) is 5.10 Å². The van der Waals surface area contributed by atoms with Crippen molar-refractivity contribution in [2.24, 2.45) is 0 Å². The van der Waals surface area contributed by atoms with Crippen molar-refractivity contribution in [3.8, 4) is 0 Å². The van der Waals surface area contributed by atoms with Gasteiger partial charge >= 0.3 is 0 Å². The summed E-state index contributed by atoms with van der Waals surface area (Å²) in [5, 5.41) is 15.6. The molecular formula is C17H18N6O2S2. The molecule has 0 fully saturated rings. The van der Waals surface area contributed by atoms with Crippen molar-refractivity contribution in [1.82, 2.24) is 24.9 Å². The molecule has 0 saturated heterocycles. The topological polar surface area (TPSA) is 113 Å². The molecule has 4 rings (SSSR count). The lowest BCUT2D eigenvalue weighted by Gasteiger charge is -2.13. The van der Waals surface area contributed by atoms with Gasteiger partial charge in [0.15, 0.2) is 5.16 Å². The van der Waals surface area contributed by atoms with Gasteiger partial charge in [-0.15, -0.1) is 10.9 Å². The van der Waals surface area contributed by atoms with Crippen molar-refractivity contribution in [3.63, 3.8) is 0 Å². The van der Waals surface area contributed by atoms with E-state index in [0.29, 0.717) is 16.7 Å². The smallest absolute Gasteiger partial charge is 0.229 e. The maximum atomic E-state index is 11.4. The Bertz CT molecular complexity index is 1180. The highest BCUT2D eigenvalue weighted by Crippen LogP contribution is 2.43. The molecule has 27 heavy (non-hydrogen) atoms. The van der Waals surface area contributed by atoms with Gasteiger partial charge in [-0.3, -0.25) is 9.82 Å². The van der Waals surface area contributed by atoms with E-state index in [1.807, 2.05) is 48.1 Å². The Balaban J connectivity index is 1.73. The van der Waals surface area contributed by atoms with E-state index in [9.17, 15) is 8.42 Å². The number of nitrogens with one attached hydrogen (secondary N) is 3. The summed E-state index contributed by atoms with van der Waals surface area (Å²) >= 11 is 0. The average molecular weight is 403 g/mol. The molecule has 0 spiro atoms. The summed E-state index contributed by atoms with van der Waals surface area (Å²) < 4.78 is 25.4. The molecule has 10 heteroatoms. The lowest BCUT2D eigenvalue weighted by Crippen LogP contribution is -2.19. The largest absolute Gasteiger partial charge is 0.325 e. The highest BCUT2D eigenvalue weighted by Gasteiger charge is 2.16.